The second-order valence-electron chi connectivity index (χ2n) is 7.44. The van der Waals surface area contributed by atoms with Gasteiger partial charge in [0.15, 0.2) is 8.32 Å². The van der Waals surface area contributed by atoms with Crippen molar-refractivity contribution in [3.05, 3.63) is 0 Å². The fraction of sp³-hybridized carbons (Fsp3) is 0.929. The fourth-order valence-electron chi connectivity index (χ4n) is 2.63. The van der Waals surface area contributed by atoms with E-state index in [0.29, 0.717) is 12.6 Å². The number of fused-ring (bicyclic) bond motifs is 1. The van der Waals surface area contributed by atoms with Crippen molar-refractivity contribution in [3.8, 4) is 0 Å². The number of hydrogen-bond acceptors (Lipinski definition) is 2. The van der Waals surface area contributed by atoms with Gasteiger partial charge in [0, 0.05) is 12.6 Å². The van der Waals surface area contributed by atoms with E-state index in [1.165, 1.54) is 0 Å². The number of carbonyl (C=O) groups excluding carboxylic acids is 1. The Labute approximate surface area is 118 Å². The van der Waals surface area contributed by atoms with Crippen LogP contribution in [0, 0.1) is 0 Å². The number of nitrogens with one attached hydrogen (secondary N) is 1. The van der Waals surface area contributed by atoms with Crippen molar-refractivity contribution in [2.24, 2.45) is 0 Å². The lowest BCUT2D eigenvalue weighted by Crippen LogP contribution is -2.56. The second-order valence-corrected chi connectivity index (χ2v) is 12.3. The lowest BCUT2D eigenvalue weighted by atomic mass is 10.0. The Hall–Kier alpha value is -0.553. The molecule has 0 aliphatic carbocycles. The highest BCUT2D eigenvalue weighted by Crippen LogP contribution is 2.37. The summed E-state index contributed by atoms with van der Waals surface area (Å²) in [5, 5.41) is 3.32. The van der Waals surface area contributed by atoms with Gasteiger partial charge in [-0.25, -0.2) is 4.79 Å². The lowest BCUT2D eigenvalue weighted by molar-refractivity contribution is 0.140. The highest BCUT2D eigenvalue weighted by molar-refractivity contribution is 6.74. The molecule has 0 unspecified atom stereocenters. The predicted molar refractivity (Wildman–Crippen MR) is 79.8 cm³/mol. The van der Waals surface area contributed by atoms with Crippen LogP contribution in [0.1, 0.15) is 40.0 Å². The van der Waals surface area contributed by atoms with E-state index in [2.05, 4.69) is 39.2 Å². The summed E-state index contributed by atoms with van der Waals surface area (Å²) in [6.45, 7) is 12.9. The average molecular weight is 284 g/mol. The molecule has 19 heavy (non-hydrogen) atoms. The molecule has 0 radical (unpaired) electrons. The van der Waals surface area contributed by atoms with Crippen molar-refractivity contribution in [1.82, 2.24) is 10.2 Å². The summed E-state index contributed by atoms with van der Waals surface area (Å²) < 4.78 is 6.24. The molecule has 1 N–H and O–H groups in total. The van der Waals surface area contributed by atoms with Crippen LogP contribution in [0.2, 0.25) is 18.1 Å². The minimum Gasteiger partial charge on any atom is -0.415 e. The van der Waals surface area contributed by atoms with Gasteiger partial charge in [-0.1, -0.05) is 20.8 Å². The van der Waals surface area contributed by atoms with Crippen LogP contribution in [-0.4, -0.2) is 44.5 Å². The monoisotopic (exact) mass is 284 g/mol. The minimum absolute atomic E-state index is 0.109. The van der Waals surface area contributed by atoms with Crippen LogP contribution in [0.15, 0.2) is 0 Å². The van der Waals surface area contributed by atoms with Crippen LogP contribution in [0.25, 0.3) is 0 Å². The van der Waals surface area contributed by atoms with E-state index >= 15 is 0 Å². The molecule has 0 spiro atoms. The van der Waals surface area contributed by atoms with Gasteiger partial charge in [0.1, 0.15) is 0 Å². The largest absolute Gasteiger partial charge is 0.415 e. The van der Waals surface area contributed by atoms with Gasteiger partial charge in [0.25, 0.3) is 0 Å². The SMILES string of the molecule is CC(C)(C)[Si](C)(C)OC[C@@H]1C[C@@H]2CCCN2C(=O)N1. The molecule has 2 amide bonds. The molecule has 2 aliphatic heterocycles. The van der Waals surface area contributed by atoms with Crippen molar-refractivity contribution in [1.29, 1.82) is 0 Å². The number of nitrogens with zero attached hydrogens (tertiary/aromatic N) is 1. The van der Waals surface area contributed by atoms with Gasteiger partial charge in [-0.2, -0.15) is 0 Å². The van der Waals surface area contributed by atoms with Crippen molar-refractivity contribution in [2.75, 3.05) is 13.2 Å². The number of hydrogen-bond donors (Lipinski definition) is 1. The summed E-state index contributed by atoms with van der Waals surface area (Å²) in [6.07, 6.45) is 3.35. The summed E-state index contributed by atoms with van der Waals surface area (Å²) in [6, 6.07) is 0.750. The van der Waals surface area contributed by atoms with Crippen molar-refractivity contribution < 1.29 is 9.22 Å². The van der Waals surface area contributed by atoms with Crippen LogP contribution in [0.5, 0.6) is 0 Å². The number of rotatable bonds is 3. The van der Waals surface area contributed by atoms with E-state index in [1.807, 2.05) is 4.90 Å². The summed E-state index contributed by atoms with van der Waals surface area (Å²) >= 11 is 0. The van der Waals surface area contributed by atoms with Crippen LogP contribution in [-0.2, 0) is 4.43 Å². The Morgan fingerprint density at radius 2 is 2.11 bits per heavy atom. The average Bonchev–Trinajstić information content (AvgIpc) is 2.73. The highest BCUT2D eigenvalue weighted by atomic mass is 28.4. The Morgan fingerprint density at radius 1 is 1.42 bits per heavy atom. The molecule has 0 aromatic heterocycles. The number of urea groups is 1. The Kier molecular flexibility index (Phi) is 3.98. The van der Waals surface area contributed by atoms with E-state index in [0.717, 1.165) is 25.8 Å². The van der Waals surface area contributed by atoms with Gasteiger partial charge >= 0.3 is 6.03 Å². The van der Waals surface area contributed by atoms with Gasteiger partial charge in [0.05, 0.1) is 12.6 Å². The molecule has 5 heteroatoms. The molecule has 0 aromatic carbocycles. The van der Waals surface area contributed by atoms with Crippen LogP contribution >= 0.6 is 0 Å². The van der Waals surface area contributed by atoms with Crippen molar-refractivity contribution in [3.63, 3.8) is 0 Å². The predicted octanol–water partition coefficient (Wildman–Crippen LogP) is 2.95. The maximum Gasteiger partial charge on any atom is 0.317 e. The van der Waals surface area contributed by atoms with Gasteiger partial charge in [-0.15, -0.1) is 0 Å². The van der Waals surface area contributed by atoms with Gasteiger partial charge in [-0.3, -0.25) is 0 Å². The summed E-state index contributed by atoms with van der Waals surface area (Å²) in [5.74, 6) is 0. The molecule has 2 atom stereocenters. The third-order valence-corrected chi connectivity index (χ3v) is 9.47. The standard InChI is InChI=1S/C14H28N2O2Si/c1-14(2,3)19(4,5)18-10-11-9-12-7-6-8-16(12)13(17)15-11/h11-12H,6-10H2,1-5H3,(H,15,17)/t11-,12-/m0/s1. The number of carbonyl (C=O) groups is 1. The van der Waals surface area contributed by atoms with E-state index in [-0.39, 0.29) is 17.1 Å². The van der Waals surface area contributed by atoms with Crippen LogP contribution in [0.4, 0.5) is 4.79 Å². The molecule has 0 saturated carbocycles. The second kappa shape index (κ2) is 5.09. The smallest absolute Gasteiger partial charge is 0.317 e. The molecule has 4 nitrogen and oxygen atoms in total. The molecule has 2 saturated heterocycles. The molecule has 0 bridgehead atoms. The van der Waals surface area contributed by atoms with Crippen LogP contribution < -0.4 is 5.32 Å². The third-order valence-electron chi connectivity index (χ3n) is 4.97. The molecule has 2 fully saturated rings. The van der Waals surface area contributed by atoms with E-state index in [4.69, 9.17) is 4.43 Å². The first-order chi connectivity index (χ1) is 8.71. The van der Waals surface area contributed by atoms with Gasteiger partial charge < -0.3 is 14.6 Å². The molecule has 2 heterocycles. The zero-order valence-corrected chi connectivity index (χ0v) is 14.0. The van der Waals surface area contributed by atoms with Gasteiger partial charge in [-0.05, 0) is 37.4 Å². The minimum atomic E-state index is -1.71. The molecule has 0 aromatic rings. The zero-order valence-electron chi connectivity index (χ0n) is 13.0. The van der Waals surface area contributed by atoms with Crippen LogP contribution in [0.3, 0.4) is 0 Å². The lowest BCUT2D eigenvalue weighted by Gasteiger charge is -2.40. The van der Waals surface area contributed by atoms with Crippen molar-refractivity contribution >= 4 is 14.3 Å². The molecular formula is C14H28N2O2Si. The summed E-state index contributed by atoms with van der Waals surface area (Å²) in [4.78, 5) is 14.0. The summed E-state index contributed by atoms with van der Waals surface area (Å²) in [5.41, 5.74) is 0. The Balaban J connectivity index is 1.89. The normalized spacial score (nSPS) is 28.3. The van der Waals surface area contributed by atoms with Crippen molar-refractivity contribution in [2.45, 2.75) is 70.2 Å². The first kappa shape index (κ1) is 14.8. The third kappa shape index (κ3) is 3.13. The molecule has 2 rings (SSSR count). The van der Waals surface area contributed by atoms with E-state index < -0.39 is 8.32 Å². The quantitative estimate of drug-likeness (QED) is 0.810. The Morgan fingerprint density at radius 3 is 2.74 bits per heavy atom. The number of amides is 2. The maximum absolute atomic E-state index is 12.0. The summed E-state index contributed by atoms with van der Waals surface area (Å²) in [7, 11) is -1.71. The van der Waals surface area contributed by atoms with E-state index in [9.17, 15) is 4.79 Å². The zero-order chi connectivity index (χ0) is 14.3. The maximum atomic E-state index is 12.0. The molecular weight excluding hydrogens is 256 g/mol. The van der Waals surface area contributed by atoms with E-state index in [1.54, 1.807) is 0 Å². The molecule has 2 aliphatic rings. The topological polar surface area (TPSA) is 41.6 Å². The Bertz CT molecular complexity index is 352. The fourth-order valence-corrected chi connectivity index (χ4v) is 3.68. The van der Waals surface area contributed by atoms with Gasteiger partial charge in [0.2, 0.25) is 0 Å². The first-order valence-corrected chi connectivity index (χ1v) is 10.3. The highest BCUT2D eigenvalue weighted by Gasteiger charge is 2.40. The first-order valence-electron chi connectivity index (χ1n) is 7.42. The molecule has 110 valence electrons.